The summed E-state index contributed by atoms with van der Waals surface area (Å²) in [4.78, 5) is 44.2. The van der Waals surface area contributed by atoms with Gasteiger partial charge in [0.15, 0.2) is 11.7 Å². The van der Waals surface area contributed by atoms with Gasteiger partial charge in [0.25, 0.3) is 5.56 Å². The second kappa shape index (κ2) is 6.71. The van der Waals surface area contributed by atoms with Crippen molar-refractivity contribution in [2.24, 2.45) is 5.92 Å². The number of rotatable bonds is 5. The summed E-state index contributed by atoms with van der Waals surface area (Å²) < 4.78 is 0. The Morgan fingerprint density at radius 2 is 2.13 bits per heavy atom. The molecule has 7 nitrogen and oxygen atoms in total. The van der Waals surface area contributed by atoms with E-state index in [0.29, 0.717) is 16.0 Å². The van der Waals surface area contributed by atoms with Crippen LogP contribution in [-0.2, 0) is 16.0 Å². The van der Waals surface area contributed by atoms with Gasteiger partial charge in [-0.15, -0.1) is 11.3 Å². The lowest BCUT2D eigenvalue weighted by Gasteiger charge is -2.06. The molecule has 2 heterocycles. The van der Waals surface area contributed by atoms with Gasteiger partial charge in [0.1, 0.15) is 10.7 Å². The summed E-state index contributed by atoms with van der Waals surface area (Å²) in [5.41, 5.74) is 0.674. The number of nitriles is 1. The van der Waals surface area contributed by atoms with Gasteiger partial charge in [-0.05, 0) is 19.4 Å². The lowest BCUT2D eigenvalue weighted by molar-refractivity contribution is -0.131. The van der Waals surface area contributed by atoms with Crippen LogP contribution in [0.4, 0.5) is 0 Å². The SMILES string of the molecule is CNC(=O)C(C#N)C(=O)CCc1nc2sc(C)c(C)c2c(=O)[nH]1. The fourth-order valence-corrected chi connectivity index (χ4v) is 3.27. The first kappa shape index (κ1) is 16.8. The van der Waals surface area contributed by atoms with Crippen molar-refractivity contribution in [3.05, 3.63) is 26.6 Å². The molecule has 2 aromatic rings. The lowest BCUT2D eigenvalue weighted by Crippen LogP contribution is -2.32. The number of fused-ring (bicyclic) bond motifs is 1. The third kappa shape index (κ3) is 3.29. The average molecular weight is 332 g/mol. The minimum atomic E-state index is -1.33. The number of carbonyl (C=O) groups is 2. The predicted octanol–water partition coefficient (Wildman–Crippen LogP) is 0.989. The van der Waals surface area contributed by atoms with Gasteiger partial charge < -0.3 is 10.3 Å². The maximum Gasteiger partial charge on any atom is 0.259 e. The maximum atomic E-state index is 12.1. The summed E-state index contributed by atoms with van der Waals surface area (Å²) in [6.45, 7) is 3.79. The van der Waals surface area contributed by atoms with E-state index < -0.39 is 17.6 Å². The molecule has 1 atom stereocenters. The Labute approximate surface area is 136 Å². The molecule has 1 amide bonds. The molecule has 0 saturated carbocycles. The molecule has 2 aromatic heterocycles. The number of ketones is 1. The van der Waals surface area contributed by atoms with E-state index in [0.717, 1.165) is 10.4 Å². The molecule has 0 fully saturated rings. The van der Waals surface area contributed by atoms with Crippen LogP contribution in [0.2, 0.25) is 0 Å². The van der Waals surface area contributed by atoms with Gasteiger partial charge in [-0.1, -0.05) is 0 Å². The Bertz CT molecular complexity index is 875. The fraction of sp³-hybridized carbons (Fsp3) is 0.400. The zero-order valence-electron chi connectivity index (χ0n) is 13.0. The summed E-state index contributed by atoms with van der Waals surface area (Å²) in [6.07, 6.45) is 0.138. The van der Waals surface area contributed by atoms with Gasteiger partial charge in [-0.2, -0.15) is 5.26 Å². The van der Waals surface area contributed by atoms with Crippen molar-refractivity contribution >= 4 is 33.2 Å². The highest BCUT2D eigenvalue weighted by Gasteiger charge is 2.25. The molecule has 8 heteroatoms. The van der Waals surface area contributed by atoms with Crippen molar-refractivity contribution in [1.82, 2.24) is 15.3 Å². The Hall–Kier alpha value is -2.53. The Balaban J connectivity index is 2.20. The van der Waals surface area contributed by atoms with Crippen molar-refractivity contribution in [2.45, 2.75) is 26.7 Å². The van der Waals surface area contributed by atoms with E-state index in [1.807, 2.05) is 13.8 Å². The average Bonchev–Trinajstić information content (AvgIpc) is 2.80. The molecule has 0 aliphatic rings. The summed E-state index contributed by atoms with van der Waals surface area (Å²) in [6, 6.07) is 1.69. The first-order valence-corrected chi connectivity index (χ1v) is 7.83. The Morgan fingerprint density at radius 3 is 2.74 bits per heavy atom. The number of nitrogens with one attached hydrogen (secondary N) is 2. The van der Waals surface area contributed by atoms with Crippen LogP contribution in [0.3, 0.4) is 0 Å². The quantitative estimate of drug-likeness (QED) is 0.792. The molecule has 0 aromatic carbocycles. The van der Waals surface area contributed by atoms with Crippen LogP contribution in [0, 0.1) is 31.1 Å². The van der Waals surface area contributed by atoms with E-state index in [9.17, 15) is 14.4 Å². The minimum Gasteiger partial charge on any atom is -0.358 e. The molecule has 1 unspecified atom stereocenters. The molecule has 0 aliphatic heterocycles. The third-order valence-electron chi connectivity index (χ3n) is 3.66. The van der Waals surface area contributed by atoms with Gasteiger partial charge in [-0.25, -0.2) is 4.98 Å². The van der Waals surface area contributed by atoms with Gasteiger partial charge in [0.05, 0.1) is 11.5 Å². The molecule has 2 N–H and O–H groups in total. The fourth-order valence-electron chi connectivity index (χ4n) is 2.22. The molecular formula is C15H16N4O3S. The van der Waals surface area contributed by atoms with Gasteiger partial charge >= 0.3 is 0 Å². The first-order chi connectivity index (χ1) is 10.9. The monoisotopic (exact) mass is 332 g/mol. The van der Waals surface area contributed by atoms with Crippen molar-refractivity contribution in [3.63, 3.8) is 0 Å². The van der Waals surface area contributed by atoms with Crippen LogP contribution >= 0.6 is 11.3 Å². The zero-order valence-corrected chi connectivity index (χ0v) is 13.8. The number of aromatic amines is 1. The highest BCUT2D eigenvalue weighted by Crippen LogP contribution is 2.25. The van der Waals surface area contributed by atoms with Crippen LogP contribution in [0.15, 0.2) is 4.79 Å². The number of thiophene rings is 1. The van der Waals surface area contributed by atoms with E-state index >= 15 is 0 Å². The summed E-state index contributed by atoms with van der Waals surface area (Å²) in [7, 11) is 1.37. The van der Waals surface area contributed by atoms with Crippen molar-refractivity contribution in [2.75, 3.05) is 7.05 Å². The highest BCUT2D eigenvalue weighted by molar-refractivity contribution is 7.18. The number of hydrogen-bond donors (Lipinski definition) is 2. The molecule has 120 valence electrons. The predicted molar refractivity (Wildman–Crippen MR) is 86.2 cm³/mol. The van der Waals surface area contributed by atoms with Crippen molar-refractivity contribution in [1.29, 1.82) is 5.26 Å². The van der Waals surface area contributed by atoms with Crippen LogP contribution in [0.5, 0.6) is 0 Å². The molecule has 0 radical (unpaired) electrons. The van der Waals surface area contributed by atoms with E-state index in [-0.39, 0.29) is 18.4 Å². The van der Waals surface area contributed by atoms with Crippen LogP contribution in [-0.4, -0.2) is 28.7 Å². The van der Waals surface area contributed by atoms with Gasteiger partial charge in [0, 0.05) is 24.8 Å². The highest BCUT2D eigenvalue weighted by atomic mass is 32.1. The molecule has 2 rings (SSSR count). The topological polar surface area (TPSA) is 116 Å². The number of aryl methyl sites for hydroxylation is 3. The summed E-state index contributed by atoms with van der Waals surface area (Å²) >= 11 is 1.43. The molecule has 23 heavy (non-hydrogen) atoms. The van der Waals surface area contributed by atoms with Gasteiger partial charge in [-0.3, -0.25) is 14.4 Å². The third-order valence-corrected chi connectivity index (χ3v) is 4.76. The number of Topliss-reactive ketones (excluding diaryl/α,β-unsaturated/α-hetero) is 1. The number of H-pyrrole nitrogens is 1. The minimum absolute atomic E-state index is 0.0383. The van der Waals surface area contributed by atoms with Crippen LogP contribution in [0.25, 0.3) is 10.2 Å². The van der Waals surface area contributed by atoms with E-state index in [4.69, 9.17) is 5.26 Å². The standard InChI is InChI=1S/C15H16N4O3S/c1-7-8(2)23-15-12(7)14(22)18-11(19-15)5-4-10(20)9(6-16)13(21)17-3/h9H,4-5H2,1-3H3,(H,17,21)(H,18,19,22). The van der Waals surface area contributed by atoms with Gasteiger partial charge in [0.2, 0.25) is 5.91 Å². The number of aromatic nitrogens is 2. The number of hydrogen-bond acceptors (Lipinski definition) is 6. The lowest BCUT2D eigenvalue weighted by atomic mass is 10.0. The maximum absolute atomic E-state index is 12.1. The van der Waals surface area contributed by atoms with E-state index in [1.165, 1.54) is 18.4 Å². The smallest absolute Gasteiger partial charge is 0.259 e. The number of nitrogens with zero attached hydrogens (tertiary/aromatic N) is 2. The molecule has 0 bridgehead atoms. The zero-order chi connectivity index (χ0) is 17.1. The molecular weight excluding hydrogens is 316 g/mol. The molecule has 0 aliphatic carbocycles. The van der Waals surface area contributed by atoms with Crippen molar-refractivity contribution in [3.8, 4) is 6.07 Å². The summed E-state index contributed by atoms with van der Waals surface area (Å²) in [5.74, 6) is -2.07. The number of amides is 1. The summed E-state index contributed by atoms with van der Waals surface area (Å²) in [5, 5.41) is 11.8. The van der Waals surface area contributed by atoms with E-state index in [2.05, 4.69) is 15.3 Å². The normalized spacial score (nSPS) is 11.9. The van der Waals surface area contributed by atoms with E-state index in [1.54, 1.807) is 6.07 Å². The van der Waals surface area contributed by atoms with Crippen molar-refractivity contribution < 1.29 is 9.59 Å². The Morgan fingerprint density at radius 1 is 1.43 bits per heavy atom. The number of carbonyl (C=O) groups excluding carboxylic acids is 2. The molecule has 0 spiro atoms. The largest absolute Gasteiger partial charge is 0.358 e. The van der Waals surface area contributed by atoms with Crippen LogP contribution < -0.4 is 10.9 Å². The first-order valence-electron chi connectivity index (χ1n) is 7.01. The second-order valence-corrected chi connectivity index (χ2v) is 6.32. The molecule has 0 saturated heterocycles. The Kier molecular flexibility index (Phi) is 4.91. The van der Waals surface area contributed by atoms with Crippen LogP contribution in [0.1, 0.15) is 22.7 Å². The second-order valence-electron chi connectivity index (χ2n) is 5.12.